The van der Waals surface area contributed by atoms with Gasteiger partial charge in [0.05, 0.1) is 11.0 Å². The van der Waals surface area contributed by atoms with E-state index in [9.17, 15) is 0 Å². The first kappa shape index (κ1) is 12.9. The van der Waals surface area contributed by atoms with Crippen LogP contribution in [0.5, 0.6) is 0 Å². The molecule has 2 nitrogen and oxygen atoms in total. The van der Waals surface area contributed by atoms with E-state index in [0.717, 1.165) is 5.82 Å². The lowest BCUT2D eigenvalue weighted by molar-refractivity contribution is 0.619. The van der Waals surface area contributed by atoms with Crippen molar-refractivity contribution in [2.45, 2.75) is 26.2 Å². The van der Waals surface area contributed by atoms with Crippen LogP contribution in [-0.2, 0) is 5.41 Å². The minimum atomic E-state index is -0.0441. The van der Waals surface area contributed by atoms with Gasteiger partial charge in [-0.05, 0) is 30.2 Å². The van der Waals surface area contributed by atoms with Crippen molar-refractivity contribution in [2.75, 3.05) is 0 Å². The van der Waals surface area contributed by atoms with Gasteiger partial charge in [-0.2, -0.15) is 0 Å². The van der Waals surface area contributed by atoms with E-state index < -0.39 is 0 Å². The number of hydrogen-bond donors (Lipinski definition) is 0. The lowest BCUT2D eigenvalue weighted by Gasteiger charge is -2.35. The van der Waals surface area contributed by atoms with E-state index in [4.69, 9.17) is 4.98 Å². The van der Waals surface area contributed by atoms with Gasteiger partial charge in [-0.15, -0.1) is 0 Å². The Morgan fingerprint density at radius 2 is 1.70 bits per heavy atom. The molecule has 0 atom stereocenters. The number of benzene rings is 2. The Kier molecular flexibility index (Phi) is 2.25. The first-order valence-electron chi connectivity index (χ1n) is 8.10. The molecule has 0 bridgehead atoms. The van der Waals surface area contributed by atoms with Gasteiger partial charge in [0, 0.05) is 27.9 Å². The standard InChI is InChI=1S/C21H18N2/c1-13-11-12-22-20-18(13)21(2,3)16-9-6-8-15-14-7-4-5-10-17(14)23(20)19(15)16/h4-12H,1-3H3. The molecule has 4 aromatic rings. The second kappa shape index (κ2) is 4.02. The summed E-state index contributed by atoms with van der Waals surface area (Å²) in [6, 6.07) is 17.5. The molecule has 0 fully saturated rings. The second-order valence-corrected chi connectivity index (χ2v) is 7.01. The summed E-state index contributed by atoms with van der Waals surface area (Å²) >= 11 is 0. The number of para-hydroxylation sites is 2. The van der Waals surface area contributed by atoms with Crippen molar-refractivity contribution in [1.29, 1.82) is 0 Å². The quantitative estimate of drug-likeness (QED) is 0.440. The van der Waals surface area contributed by atoms with Crippen LogP contribution in [0, 0.1) is 6.92 Å². The van der Waals surface area contributed by atoms with Crippen LogP contribution < -0.4 is 0 Å². The molecule has 23 heavy (non-hydrogen) atoms. The van der Waals surface area contributed by atoms with Crippen LogP contribution in [0.1, 0.15) is 30.5 Å². The van der Waals surface area contributed by atoms with Crippen LogP contribution in [0.2, 0.25) is 0 Å². The zero-order valence-electron chi connectivity index (χ0n) is 13.6. The monoisotopic (exact) mass is 298 g/mol. The predicted molar refractivity (Wildman–Crippen MR) is 95.4 cm³/mol. The van der Waals surface area contributed by atoms with Crippen LogP contribution in [0.4, 0.5) is 0 Å². The summed E-state index contributed by atoms with van der Waals surface area (Å²) < 4.78 is 2.35. The number of rotatable bonds is 0. The third-order valence-electron chi connectivity index (χ3n) is 5.34. The molecule has 112 valence electrons. The highest BCUT2D eigenvalue weighted by atomic mass is 15.1. The van der Waals surface area contributed by atoms with E-state index in [1.165, 1.54) is 38.5 Å². The van der Waals surface area contributed by atoms with Gasteiger partial charge in [-0.3, -0.25) is 4.57 Å². The van der Waals surface area contributed by atoms with Crippen LogP contribution in [-0.4, -0.2) is 9.55 Å². The number of nitrogens with zero attached hydrogens (tertiary/aromatic N) is 2. The lowest BCUT2D eigenvalue weighted by Crippen LogP contribution is -2.28. The highest BCUT2D eigenvalue weighted by Crippen LogP contribution is 2.47. The molecule has 0 radical (unpaired) electrons. The summed E-state index contributed by atoms with van der Waals surface area (Å²) in [6.07, 6.45) is 1.93. The Hall–Kier alpha value is -2.61. The Balaban J connectivity index is 2.15. The minimum absolute atomic E-state index is 0.0441. The normalized spacial score (nSPS) is 15.1. The fourth-order valence-corrected chi connectivity index (χ4v) is 4.36. The van der Waals surface area contributed by atoms with Gasteiger partial charge in [0.15, 0.2) is 0 Å². The molecule has 0 amide bonds. The van der Waals surface area contributed by atoms with Crippen LogP contribution >= 0.6 is 0 Å². The van der Waals surface area contributed by atoms with Crippen molar-refractivity contribution in [1.82, 2.24) is 9.55 Å². The molecule has 2 heteroatoms. The lowest BCUT2D eigenvalue weighted by atomic mass is 9.74. The molecule has 5 rings (SSSR count). The van der Waals surface area contributed by atoms with Gasteiger partial charge < -0.3 is 0 Å². The number of hydrogen-bond acceptors (Lipinski definition) is 1. The van der Waals surface area contributed by atoms with Gasteiger partial charge in [0.25, 0.3) is 0 Å². The number of aromatic nitrogens is 2. The average Bonchev–Trinajstić information content (AvgIpc) is 2.88. The first-order chi connectivity index (χ1) is 11.1. The molecule has 0 saturated carbocycles. The van der Waals surface area contributed by atoms with Gasteiger partial charge in [0.2, 0.25) is 0 Å². The third-order valence-corrected chi connectivity index (χ3v) is 5.34. The molecular formula is C21H18N2. The van der Waals surface area contributed by atoms with Crippen molar-refractivity contribution in [3.8, 4) is 5.82 Å². The van der Waals surface area contributed by atoms with Crippen molar-refractivity contribution >= 4 is 21.8 Å². The Bertz CT molecular complexity index is 1100. The van der Waals surface area contributed by atoms with Crippen molar-refractivity contribution in [3.63, 3.8) is 0 Å². The van der Waals surface area contributed by atoms with E-state index >= 15 is 0 Å². The van der Waals surface area contributed by atoms with Gasteiger partial charge in [-0.1, -0.05) is 50.2 Å². The van der Waals surface area contributed by atoms with Crippen LogP contribution in [0.25, 0.3) is 27.6 Å². The summed E-state index contributed by atoms with van der Waals surface area (Å²) in [4.78, 5) is 4.79. The molecule has 2 aromatic heterocycles. The van der Waals surface area contributed by atoms with Crippen LogP contribution in [0.3, 0.4) is 0 Å². The minimum Gasteiger partial charge on any atom is -0.293 e. The molecular weight excluding hydrogens is 280 g/mol. The van der Waals surface area contributed by atoms with E-state index in [0.29, 0.717) is 0 Å². The molecule has 3 heterocycles. The zero-order chi connectivity index (χ0) is 15.8. The maximum atomic E-state index is 4.79. The number of fused-ring (bicyclic) bond motifs is 5. The zero-order valence-corrected chi connectivity index (χ0v) is 13.6. The third kappa shape index (κ3) is 1.41. The topological polar surface area (TPSA) is 17.8 Å². The number of pyridine rings is 1. The molecule has 0 N–H and O–H groups in total. The highest BCUT2D eigenvalue weighted by Gasteiger charge is 2.36. The fourth-order valence-electron chi connectivity index (χ4n) is 4.36. The van der Waals surface area contributed by atoms with Crippen LogP contribution in [0.15, 0.2) is 54.7 Å². The smallest absolute Gasteiger partial charge is 0.141 e. The van der Waals surface area contributed by atoms with Gasteiger partial charge >= 0.3 is 0 Å². The molecule has 0 unspecified atom stereocenters. The van der Waals surface area contributed by atoms with E-state index in [1.807, 2.05) is 6.20 Å². The fraction of sp³-hybridized carbons (Fsp3) is 0.190. The van der Waals surface area contributed by atoms with E-state index in [-0.39, 0.29) is 5.41 Å². The first-order valence-corrected chi connectivity index (χ1v) is 8.10. The average molecular weight is 298 g/mol. The maximum Gasteiger partial charge on any atom is 0.141 e. The summed E-state index contributed by atoms with van der Waals surface area (Å²) in [5, 5.41) is 2.62. The van der Waals surface area contributed by atoms with E-state index in [2.05, 4.69) is 73.9 Å². The van der Waals surface area contributed by atoms with Crippen molar-refractivity contribution in [3.05, 3.63) is 71.4 Å². The maximum absolute atomic E-state index is 4.79. The van der Waals surface area contributed by atoms with Crippen molar-refractivity contribution < 1.29 is 0 Å². The van der Waals surface area contributed by atoms with Crippen molar-refractivity contribution in [2.24, 2.45) is 0 Å². The second-order valence-electron chi connectivity index (χ2n) is 7.01. The van der Waals surface area contributed by atoms with Gasteiger partial charge in [0.1, 0.15) is 5.82 Å². The Morgan fingerprint density at radius 3 is 2.57 bits per heavy atom. The molecule has 0 aliphatic carbocycles. The summed E-state index contributed by atoms with van der Waals surface area (Å²) in [5.41, 5.74) is 6.53. The SMILES string of the molecule is Cc1ccnc2c1C(C)(C)c1cccc3c4ccccc4n-2c13. The van der Waals surface area contributed by atoms with Gasteiger partial charge in [-0.25, -0.2) is 4.98 Å². The number of aryl methyl sites for hydroxylation is 1. The summed E-state index contributed by atoms with van der Waals surface area (Å²) in [6.45, 7) is 6.83. The largest absolute Gasteiger partial charge is 0.293 e. The molecule has 2 aromatic carbocycles. The predicted octanol–water partition coefficient (Wildman–Crippen LogP) is 5.13. The summed E-state index contributed by atoms with van der Waals surface area (Å²) in [5.74, 6) is 1.08. The molecule has 1 aliphatic heterocycles. The highest BCUT2D eigenvalue weighted by molar-refractivity contribution is 6.11. The molecule has 1 aliphatic rings. The Labute approximate surface area is 135 Å². The summed E-state index contributed by atoms with van der Waals surface area (Å²) in [7, 11) is 0. The molecule has 0 saturated heterocycles. The Morgan fingerprint density at radius 1 is 0.913 bits per heavy atom. The molecule has 0 spiro atoms. The van der Waals surface area contributed by atoms with E-state index in [1.54, 1.807) is 0 Å².